The van der Waals surface area contributed by atoms with Crippen molar-refractivity contribution < 1.29 is 19.1 Å². The minimum atomic E-state index is -0.861. The first kappa shape index (κ1) is 18.9. The first-order valence-corrected chi connectivity index (χ1v) is 7.63. The van der Waals surface area contributed by atoms with Gasteiger partial charge in [-0.3, -0.25) is 9.59 Å². The maximum Gasteiger partial charge on any atom is 0.379 e. The highest BCUT2D eigenvalue weighted by molar-refractivity contribution is 6.40. The molecule has 0 unspecified atom stereocenters. The zero-order valence-corrected chi connectivity index (χ0v) is 14.6. The summed E-state index contributed by atoms with van der Waals surface area (Å²) in [6.07, 6.45) is 0. The summed E-state index contributed by atoms with van der Waals surface area (Å²) in [5.74, 6) is -1.59. The summed E-state index contributed by atoms with van der Waals surface area (Å²) in [5, 5.41) is 2.99. The van der Waals surface area contributed by atoms with Crippen molar-refractivity contribution in [1.29, 1.82) is 0 Å². The predicted molar refractivity (Wildman–Crippen MR) is 88.0 cm³/mol. The summed E-state index contributed by atoms with van der Waals surface area (Å²) >= 11 is 0. The third kappa shape index (κ3) is 4.91. The van der Waals surface area contributed by atoms with Crippen LogP contribution in [0.2, 0.25) is 0 Å². The molecule has 1 rings (SSSR count). The van der Waals surface area contributed by atoms with Crippen LogP contribution in [0.1, 0.15) is 57.5 Å². The molecule has 1 aromatic rings. The second kappa shape index (κ2) is 6.94. The lowest BCUT2D eigenvalue weighted by Gasteiger charge is -2.31. The molecule has 0 spiro atoms. The van der Waals surface area contributed by atoms with Crippen molar-refractivity contribution in [2.75, 3.05) is 6.61 Å². The van der Waals surface area contributed by atoms with E-state index in [1.807, 2.05) is 34.6 Å². The van der Waals surface area contributed by atoms with Crippen LogP contribution in [-0.2, 0) is 19.9 Å². The molecule has 1 N–H and O–H groups in total. The molecule has 5 heteroatoms. The number of ketones is 1. The highest BCUT2D eigenvalue weighted by Crippen LogP contribution is 2.23. The van der Waals surface area contributed by atoms with E-state index in [-0.39, 0.29) is 18.1 Å². The van der Waals surface area contributed by atoms with Gasteiger partial charge in [0.05, 0.1) is 12.1 Å². The highest BCUT2D eigenvalue weighted by atomic mass is 16.5. The van der Waals surface area contributed by atoms with E-state index in [2.05, 4.69) is 5.32 Å². The van der Waals surface area contributed by atoms with Crippen LogP contribution in [0.5, 0.6) is 0 Å². The number of benzene rings is 1. The Morgan fingerprint density at radius 3 is 1.96 bits per heavy atom. The smallest absolute Gasteiger partial charge is 0.379 e. The van der Waals surface area contributed by atoms with Crippen LogP contribution in [0.4, 0.5) is 0 Å². The Balaban J connectivity index is 2.93. The molecule has 1 amide bonds. The average Bonchev–Trinajstić information content (AvgIpc) is 2.45. The lowest BCUT2D eigenvalue weighted by Crippen LogP contribution is -2.46. The van der Waals surface area contributed by atoms with Gasteiger partial charge in [-0.15, -0.1) is 0 Å². The van der Waals surface area contributed by atoms with Crippen molar-refractivity contribution in [3.63, 3.8) is 0 Å². The first-order chi connectivity index (χ1) is 10.5. The topological polar surface area (TPSA) is 72.5 Å². The normalized spacial score (nSPS) is 11.7. The van der Waals surface area contributed by atoms with Crippen LogP contribution in [0.15, 0.2) is 24.3 Å². The summed E-state index contributed by atoms with van der Waals surface area (Å²) in [5.41, 5.74) is 0.0353. The van der Waals surface area contributed by atoms with Gasteiger partial charge >= 0.3 is 5.97 Å². The van der Waals surface area contributed by atoms with Crippen molar-refractivity contribution in [3.8, 4) is 0 Å². The van der Waals surface area contributed by atoms with E-state index in [0.717, 1.165) is 5.56 Å². The molecule has 1 aromatic carbocycles. The maximum atomic E-state index is 12.2. The second-order valence-electron chi connectivity index (χ2n) is 6.96. The number of Topliss-reactive ketones (excluding diaryl/α,β-unsaturated/α-hetero) is 1. The van der Waals surface area contributed by atoms with Gasteiger partial charge in [-0.2, -0.15) is 0 Å². The van der Waals surface area contributed by atoms with Crippen LogP contribution in [-0.4, -0.2) is 24.3 Å². The molecule has 0 saturated carbocycles. The van der Waals surface area contributed by atoms with E-state index >= 15 is 0 Å². The molecule has 0 aliphatic heterocycles. The number of amides is 1. The van der Waals surface area contributed by atoms with E-state index in [0.29, 0.717) is 0 Å². The second-order valence-corrected chi connectivity index (χ2v) is 6.96. The fourth-order valence-electron chi connectivity index (χ4n) is 1.90. The lowest BCUT2D eigenvalue weighted by molar-refractivity contribution is -0.137. The third-order valence-corrected chi connectivity index (χ3v) is 3.44. The molecular formula is C18H25NO4. The maximum absolute atomic E-state index is 12.2. The van der Waals surface area contributed by atoms with E-state index < -0.39 is 22.7 Å². The van der Waals surface area contributed by atoms with E-state index in [1.54, 1.807) is 31.2 Å². The number of esters is 1. The fourth-order valence-corrected chi connectivity index (χ4v) is 1.90. The van der Waals surface area contributed by atoms with Crippen LogP contribution in [0.3, 0.4) is 0 Å². The SMILES string of the molecule is CCOC(=O)C(=O)c1ccc(C(C)(C)NC(=O)C(C)(C)C)cc1. The average molecular weight is 319 g/mol. The quantitative estimate of drug-likeness (QED) is 0.514. The molecular weight excluding hydrogens is 294 g/mol. The van der Waals surface area contributed by atoms with Crippen LogP contribution >= 0.6 is 0 Å². The Labute approximate surface area is 137 Å². The van der Waals surface area contributed by atoms with Crippen molar-refractivity contribution in [2.24, 2.45) is 5.41 Å². The summed E-state index contributed by atoms with van der Waals surface area (Å²) in [7, 11) is 0. The van der Waals surface area contributed by atoms with E-state index in [9.17, 15) is 14.4 Å². The molecule has 0 aromatic heterocycles. The molecule has 0 atom stereocenters. The molecule has 23 heavy (non-hydrogen) atoms. The van der Waals surface area contributed by atoms with E-state index in [1.165, 1.54) is 0 Å². The first-order valence-electron chi connectivity index (χ1n) is 7.63. The lowest BCUT2D eigenvalue weighted by atomic mass is 9.89. The molecule has 0 heterocycles. The number of hydrogen-bond donors (Lipinski definition) is 1. The van der Waals surface area contributed by atoms with Crippen LogP contribution in [0, 0.1) is 5.41 Å². The molecule has 0 aliphatic carbocycles. The molecule has 0 saturated heterocycles. The Hall–Kier alpha value is -2.17. The van der Waals surface area contributed by atoms with Gasteiger partial charge < -0.3 is 10.1 Å². The predicted octanol–water partition coefficient (Wildman–Crippen LogP) is 2.83. The Kier molecular flexibility index (Phi) is 5.70. The Morgan fingerprint density at radius 1 is 1.00 bits per heavy atom. The van der Waals surface area contributed by atoms with Gasteiger partial charge in [0, 0.05) is 11.0 Å². The molecule has 0 aliphatic rings. The number of ether oxygens (including phenoxy) is 1. The Bertz CT molecular complexity index is 594. The van der Waals surface area contributed by atoms with E-state index in [4.69, 9.17) is 4.74 Å². The monoisotopic (exact) mass is 319 g/mol. The van der Waals surface area contributed by atoms with Crippen molar-refractivity contribution in [2.45, 2.75) is 47.1 Å². The molecule has 0 fully saturated rings. The summed E-state index contributed by atoms with van der Waals surface area (Å²) in [6.45, 7) is 11.1. The molecule has 0 bridgehead atoms. The minimum absolute atomic E-state index is 0.0609. The highest BCUT2D eigenvalue weighted by Gasteiger charge is 2.29. The number of carbonyl (C=O) groups excluding carboxylic acids is 3. The summed E-state index contributed by atoms with van der Waals surface area (Å²) in [6, 6.07) is 6.60. The van der Waals surface area contributed by atoms with Gasteiger partial charge in [0.15, 0.2) is 0 Å². The van der Waals surface area contributed by atoms with Gasteiger partial charge in [0.25, 0.3) is 5.78 Å². The largest absolute Gasteiger partial charge is 0.460 e. The van der Waals surface area contributed by atoms with Crippen molar-refractivity contribution in [3.05, 3.63) is 35.4 Å². The third-order valence-electron chi connectivity index (χ3n) is 3.44. The fraction of sp³-hybridized carbons (Fsp3) is 0.500. The number of carbonyl (C=O) groups is 3. The van der Waals surface area contributed by atoms with Crippen molar-refractivity contribution in [1.82, 2.24) is 5.32 Å². The summed E-state index contributed by atoms with van der Waals surface area (Å²) in [4.78, 5) is 35.5. The van der Waals surface area contributed by atoms with Crippen LogP contribution < -0.4 is 5.32 Å². The molecule has 126 valence electrons. The Morgan fingerprint density at radius 2 is 1.52 bits per heavy atom. The minimum Gasteiger partial charge on any atom is -0.460 e. The van der Waals surface area contributed by atoms with Gasteiger partial charge in [0.2, 0.25) is 5.91 Å². The zero-order chi connectivity index (χ0) is 17.8. The number of nitrogens with one attached hydrogen (secondary N) is 1. The molecule has 0 radical (unpaired) electrons. The van der Waals surface area contributed by atoms with Crippen LogP contribution in [0.25, 0.3) is 0 Å². The van der Waals surface area contributed by atoms with Gasteiger partial charge in [-0.25, -0.2) is 4.79 Å². The zero-order valence-electron chi connectivity index (χ0n) is 14.6. The van der Waals surface area contributed by atoms with Gasteiger partial charge in [0.1, 0.15) is 0 Å². The molecule has 5 nitrogen and oxygen atoms in total. The van der Waals surface area contributed by atoms with Gasteiger partial charge in [-0.05, 0) is 26.3 Å². The summed E-state index contributed by atoms with van der Waals surface area (Å²) < 4.78 is 4.70. The number of rotatable bonds is 5. The number of hydrogen-bond acceptors (Lipinski definition) is 4. The standard InChI is InChI=1S/C18H25NO4/c1-7-23-15(21)14(20)12-8-10-13(11-9-12)18(5,6)19-16(22)17(2,3)4/h8-11H,7H2,1-6H3,(H,19,22). The van der Waals surface area contributed by atoms with Crippen molar-refractivity contribution >= 4 is 17.7 Å². The van der Waals surface area contributed by atoms with Gasteiger partial charge in [-0.1, -0.05) is 45.0 Å².